The number of ketones is 2. The van der Waals surface area contributed by atoms with Gasteiger partial charge in [-0.05, 0) is 5.92 Å². The van der Waals surface area contributed by atoms with E-state index in [4.69, 9.17) is 17.3 Å². The lowest BCUT2D eigenvalue weighted by atomic mass is 9.49. The topological polar surface area (TPSA) is 237 Å². The van der Waals surface area contributed by atoms with Gasteiger partial charge in [-0.2, -0.15) is 0 Å². The van der Waals surface area contributed by atoms with Crippen LogP contribution in [0.15, 0.2) is 33.4 Å². The Morgan fingerprint density at radius 3 is 2.21 bits per heavy atom. The van der Waals surface area contributed by atoms with Gasteiger partial charge in [0.05, 0.1) is 23.1 Å². The van der Waals surface area contributed by atoms with Crippen LogP contribution in [0.4, 0.5) is 0 Å². The molecule has 0 radical (unpaired) electrons. The highest BCUT2D eigenvalue weighted by molar-refractivity contribution is 6.31. The van der Waals surface area contributed by atoms with E-state index in [1.807, 2.05) is 0 Å². The highest BCUT2D eigenvalue weighted by atomic mass is 35.5. The Labute approximate surface area is 221 Å². The molecule has 9 atom stereocenters. The van der Waals surface area contributed by atoms with Crippen molar-refractivity contribution in [2.75, 3.05) is 0 Å². The molecule has 4 aliphatic rings. The fraction of sp³-hybridized carbons (Fsp3) is 0.542. The van der Waals surface area contributed by atoms with Crippen molar-refractivity contribution in [3.05, 3.63) is 33.4 Å². The molecule has 0 bridgehead atoms. The van der Waals surface area contributed by atoms with Crippen LogP contribution in [0.25, 0.3) is 0 Å². The number of carbonyl (C=O) groups excluding carboxylic acids is 5. The van der Waals surface area contributed by atoms with Crippen LogP contribution in [0, 0.1) is 29.6 Å². The normalized spacial score (nSPS) is 38.8. The predicted molar refractivity (Wildman–Crippen MR) is 128 cm³/mol. The van der Waals surface area contributed by atoms with Gasteiger partial charge in [0, 0.05) is 43.6 Å². The first-order valence-electron chi connectivity index (χ1n) is 11.8. The van der Waals surface area contributed by atoms with E-state index in [2.05, 4.69) is 10.6 Å². The molecule has 0 aromatic rings. The number of Topliss-reactive ketones (excluding diaryl/α,β-unsaturated/α-hetero) is 2. The van der Waals surface area contributed by atoms with E-state index < -0.39 is 106 Å². The molecule has 0 aromatic carbocycles. The minimum atomic E-state index is -2.79. The number of hydrogen-bond acceptors (Lipinski definition) is 10. The van der Waals surface area contributed by atoms with Gasteiger partial charge in [0.25, 0.3) is 5.91 Å². The Bertz CT molecular complexity index is 1270. The van der Waals surface area contributed by atoms with Crippen molar-refractivity contribution in [1.82, 2.24) is 10.6 Å². The summed E-state index contributed by atoms with van der Waals surface area (Å²) >= 11 is 6.49. The van der Waals surface area contributed by atoms with Crippen LogP contribution >= 0.6 is 11.6 Å². The maximum absolute atomic E-state index is 13.9. The number of hydrogen-bond donors (Lipinski definition) is 8. The Balaban J connectivity index is 1.93. The number of amides is 3. The Kier molecular flexibility index (Phi) is 6.71. The Morgan fingerprint density at radius 2 is 1.68 bits per heavy atom. The number of rotatable bonds is 3. The van der Waals surface area contributed by atoms with Gasteiger partial charge in [-0.1, -0.05) is 18.5 Å². The summed E-state index contributed by atoms with van der Waals surface area (Å²) in [6.45, 7) is 3.89. The number of primary amides is 1. The Hall–Kier alpha value is -3.26. The van der Waals surface area contributed by atoms with Crippen molar-refractivity contribution in [3.8, 4) is 0 Å². The number of nitrogens with two attached hydrogens (primary N) is 1. The molecule has 38 heavy (non-hydrogen) atoms. The second kappa shape index (κ2) is 9.19. The van der Waals surface area contributed by atoms with Gasteiger partial charge in [0.2, 0.25) is 11.8 Å². The zero-order valence-electron chi connectivity index (χ0n) is 20.6. The fourth-order valence-electron chi connectivity index (χ4n) is 6.70. The molecule has 206 valence electrons. The van der Waals surface area contributed by atoms with Gasteiger partial charge < -0.3 is 41.9 Å². The molecule has 0 saturated heterocycles. The largest absolute Gasteiger partial charge is 0.508 e. The van der Waals surface area contributed by atoms with E-state index >= 15 is 0 Å². The first kappa shape index (κ1) is 27.8. The van der Waals surface area contributed by atoms with Gasteiger partial charge in [-0.3, -0.25) is 24.0 Å². The lowest BCUT2D eigenvalue weighted by Crippen LogP contribution is -2.71. The second-order valence-corrected chi connectivity index (χ2v) is 10.7. The summed E-state index contributed by atoms with van der Waals surface area (Å²) in [5.41, 5.74) is 0.779. The number of fused-ring (bicyclic) bond motifs is 3. The molecule has 0 aliphatic heterocycles. The quantitative estimate of drug-likeness (QED) is 0.185. The molecular weight excluding hydrogens is 526 g/mol. The van der Waals surface area contributed by atoms with Gasteiger partial charge in [-0.15, -0.1) is 0 Å². The third-order valence-electron chi connectivity index (χ3n) is 8.22. The minimum absolute atomic E-state index is 0.179. The van der Waals surface area contributed by atoms with Gasteiger partial charge in [0.1, 0.15) is 28.9 Å². The van der Waals surface area contributed by atoms with E-state index in [0.29, 0.717) is 0 Å². The van der Waals surface area contributed by atoms with Gasteiger partial charge in [0.15, 0.2) is 17.2 Å². The molecular formula is C24H28ClN3O10. The third kappa shape index (κ3) is 3.67. The van der Waals surface area contributed by atoms with Crippen LogP contribution in [-0.2, 0) is 24.0 Å². The lowest BCUT2D eigenvalue weighted by molar-refractivity contribution is -0.225. The number of nitrogens with one attached hydrogen (secondary N) is 2. The van der Waals surface area contributed by atoms with Crippen molar-refractivity contribution < 1.29 is 49.5 Å². The van der Waals surface area contributed by atoms with Crippen molar-refractivity contribution in [2.24, 2.45) is 35.3 Å². The number of aliphatic hydroxyl groups is 5. The molecule has 3 amide bonds. The molecule has 0 aromatic heterocycles. The second-order valence-electron chi connectivity index (χ2n) is 10.3. The molecule has 0 spiro atoms. The van der Waals surface area contributed by atoms with Crippen LogP contribution in [-0.4, -0.2) is 78.7 Å². The summed E-state index contributed by atoms with van der Waals surface area (Å²) in [6.07, 6.45) is -4.49. The molecule has 9 N–H and O–H groups in total. The Morgan fingerprint density at radius 1 is 1.08 bits per heavy atom. The van der Waals surface area contributed by atoms with E-state index in [9.17, 15) is 49.5 Å². The predicted octanol–water partition coefficient (Wildman–Crippen LogP) is -1.68. The lowest BCUT2D eigenvalue weighted by Gasteiger charge is -2.58. The molecule has 4 aliphatic carbocycles. The average molecular weight is 554 g/mol. The number of carbonyl (C=O) groups is 5. The fourth-order valence-corrected chi connectivity index (χ4v) is 7.03. The van der Waals surface area contributed by atoms with E-state index in [1.54, 1.807) is 6.92 Å². The molecule has 14 heteroatoms. The van der Waals surface area contributed by atoms with E-state index in [-0.39, 0.29) is 16.3 Å². The zero-order chi connectivity index (χ0) is 28.6. The van der Waals surface area contributed by atoms with Crippen LogP contribution in [0.3, 0.4) is 0 Å². The highest BCUT2D eigenvalue weighted by Gasteiger charge is 2.69. The monoisotopic (exact) mass is 553 g/mol. The summed E-state index contributed by atoms with van der Waals surface area (Å²) in [6, 6.07) is -1.13. The summed E-state index contributed by atoms with van der Waals surface area (Å²) in [7, 11) is 0. The molecule has 2 fully saturated rings. The molecule has 13 nitrogen and oxygen atoms in total. The average Bonchev–Trinajstić information content (AvgIpc) is 2.80. The smallest absolute Gasteiger partial charge is 0.255 e. The van der Waals surface area contributed by atoms with Crippen molar-refractivity contribution >= 4 is 40.9 Å². The highest BCUT2D eigenvalue weighted by Crippen LogP contribution is 2.57. The van der Waals surface area contributed by atoms with Crippen molar-refractivity contribution in [2.45, 2.75) is 51.0 Å². The SMILES string of the molecule is CC(=O)NC1=C(Cl)C(NC(C)=O)C2C(=C1O)C(=O)C1C([C@H]2C)[C@H](O)C2CC(=O)C(C(N)=O)=C(O)C2(O)C1O. The van der Waals surface area contributed by atoms with E-state index in [0.717, 1.165) is 6.92 Å². The first-order valence-corrected chi connectivity index (χ1v) is 12.2. The third-order valence-corrected chi connectivity index (χ3v) is 8.65. The van der Waals surface area contributed by atoms with Crippen LogP contribution in [0.2, 0.25) is 0 Å². The van der Waals surface area contributed by atoms with Crippen LogP contribution < -0.4 is 16.4 Å². The van der Waals surface area contributed by atoms with Crippen LogP contribution in [0.5, 0.6) is 0 Å². The van der Waals surface area contributed by atoms with Gasteiger partial charge in [-0.25, -0.2) is 0 Å². The minimum Gasteiger partial charge on any atom is -0.508 e. The standard InChI is InChI=1S/C24H28ClN3O10/c1-5-10-13(20(34)17(28-7(3)30)15(25)16(10)27-6(2)29)19(33)14-11(5)18(32)8-4-9(31)12(23(26)37)21(35)24(8,38)22(14)36/h5,8,10-11,14,16,18,22,32,34-36,38H,4H2,1-3H3,(H2,26,37)(H,27,29)(H,28,30)/t5-,8?,10?,11?,14?,16?,18+,22?,24?/m0/s1. The number of halogens is 1. The molecule has 2 saturated carbocycles. The summed E-state index contributed by atoms with van der Waals surface area (Å²) in [4.78, 5) is 62.2. The van der Waals surface area contributed by atoms with Gasteiger partial charge >= 0.3 is 0 Å². The first-order chi connectivity index (χ1) is 17.6. The maximum Gasteiger partial charge on any atom is 0.255 e. The van der Waals surface area contributed by atoms with E-state index in [1.165, 1.54) is 6.92 Å². The summed E-state index contributed by atoms with van der Waals surface area (Å²) in [5, 5.41) is 60.8. The van der Waals surface area contributed by atoms with Crippen molar-refractivity contribution in [3.63, 3.8) is 0 Å². The summed E-state index contributed by atoms with van der Waals surface area (Å²) < 4.78 is 0. The maximum atomic E-state index is 13.9. The van der Waals surface area contributed by atoms with Crippen molar-refractivity contribution in [1.29, 1.82) is 0 Å². The molecule has 7 unspecified atom stereocenters. The summed E-state index contributed by atoms with van der Waals surface area (Å²) in [5.74, 6) is -12.6. The molecule has 0 heterocycles. The molecule has 4 rings (SSSR count). The van der Waals surface area contributed by atoms with Crippen LogP contribution in [0.1, 0.15) is 27.2 Å². The number of aliphatic hydroxyl groups excluding tert-OH is 4. The zero-order valence-corrected chi connectivity index (χ0v) is 21.3.